The zero-order valence-electron chi connectivity index (χ0n) is 15.8. The highest BCUT2D eigenvalue weighted by Crippen LogP contribution is 2.28. The summed E-state index contributed by atoms with van der Waals surface area (Å²) in [5, 5.41) is 13.4. The third kappa shape index (κ3) is 3.88. The lowest BCUT2D eigenvalue weighted by molar-refractivity contribution is -0.128. The molecule has 1 aliphatic rings. The van der Waals surface area contributed by atoms with E-state index in [0.717, 1.165) is 43.8 Å². The molecule has 146 valence electrons. The Morgan fingerprint density at radius 1 is 1.18 bits per heavy atom. The first kappa shape index (κ1) is 18.5. The Bertz CT molecular complexity index is 963. The maximum Gasteiger partial charge on any atom is 0.247 e. The minimum Gasteiger partial charge on any atom is -0.494 e. The van der Waals surface area contributed by atoms with Gasteiger partial charge < -0.3 is 14.6 Å². The number of nitrogens with one attached hydrogen (secondary N) is 2. The second-order valence-electron chi connectivity index (χ2n) is 7.08. The van der Waals surface area contributed by atoms with Gasteiger partial charge >= 0.3 is 0 Å². The second kappa shape index (κ2) is 8.46. The molecule has 0 radical (unpaired) electrons. The normalized spacial score (nSPS) is 13.3. The number of fused-ring (bicyclic) bond motifs is 3. The van der Waals surface area contributed by atoms with Gasteiger partial charge in [-0.3, -0.25) is 10.0 Å². The first-order valence-electron chi connectivity index (χ1n) is 9.70. The van der Waals surface area contributed by atoms with Crippen molar-refractivity contribution >= 4 is 16.8 Å². The zero-order chi connectivity index (χ0) is 19.3. The van der Waals surface area contributed by atoms with Crippen molar-refractivity contribution in [2.24, 2.45) is 0 Å². The Morgan fingerprint density at radius 2 is 2.00 bits per heavy atom. The molecule has 0 saturated heterocycles. The van der Waals surface area contributed by atoms with Crippen LogP contribution in [0.25, 0.3) is 10.9 Å². The predicted octanol–water partition coefficient (Wildman–Crippen LogP) is 2.80. The van der Waals surface area contributed by atoms with E-state index in [1.807, 2.05) is 24.3 Å². The van der Waals surface area contributed by atoms with Crippen LogP contribution in [-0.4, -0.2) is 28.8 Å². The van der Waals surface area contributed by atoms with Crippen molar-refractivity contribution in [2.75, 3.05) is 13.2 Å². The van der Waals surface area contributed by atoms with Crippen molar-refractivity contribution in [3.8, 4) is 5.75 Å². The van der Waals surface area contributed by atoms with Gasteiger partial charge in [0.15, 0.2) is 0 Å². The Balaban J connectivity index is 1.36. The van der Waals surface area contributed by atoms with E-state index >= 15 is 0 Å². The van der Waals surface area contributed by atoms with Crippen LogP contribution in [0.15, 0.2) is 48.5 Å². The Hall–Kier alpha value is -2.83. The molecule has 6 nitrogen and oxygen atoms in total. The van der Waals surface area contributed by atoms with Gasteiger partial charge in [0.05, 0.1) is 13.0 Å². The van der Waals surface area contributed by atoms with E-state index in [4.69, 9.17) is 9.94 Å². The summed E-state index contributed by atoms with van der Waals surface area (Å²) in [6, 6.07) is 16.0. The number of aromatic nitrogens is 1. The molecule has 0 atom stereocenters. The summed E-state index contributed by atoms with van der Waals surface area (Å²) in [7, 11) is 0. The zero-order valence-corrected chi connectivity index (χ0v) is 15.8. The predicted molar refractivity (Wildman–Crippen MR) is 108 cm³/mol. The highest BCUT2D eigenvalue weighted by Gasteiger charge is 2.18. The topological polar surface area (TPSA) is 75.5 Å². The van der Waals surface area contributed by atoms with Crippen molar-refractivity contribution < 1.29 is 14.7 Å². The van der Waals surface area contributed by atoms with Gasteiger partial charge in [-0.1, -0.05) is 30.3 Å². The van der Waals surface area contributed by atoms with E-state index in [9.17, 15) is 4.79 Å². The molecule has 6 heteroatoms. The number of hydroxylamine groups is 1. The lowest BCUT2D eigenvalue weighted by Gasteiger charge is -2.17. The van der Waals surface area contributed by atoms with Crippen LogP contribution in [0.5, 0.6) is 5.75 Å². The van der Waals surface area contributed by atoms with Crippen molar-refractivity contribution in [1.82, 2.24) is 15.4 Å². The molecule has 3 aromatic rings. The van der Waals surface area contributed by atoms with E-state index in [-0.39, 0.29) is 6.42 Å². The molecule has 3 N–H and O–H groups in total. The number of para-hydroxylation sites is 1. The smallest absolute Gasteiger partial charge is 0.247 e. The number of nitrogens with zero attached hydrogens (tertiary/aromatic N) is 1. The SMILES string of the molecule is O=C(Cc1ccc(OCCCn2c3c(c4ccccc42)CCNC3)cc1)NO. The van der Waals surface area contributed by atoms with Gasteiger partial charge in [0, 0.05) is 29.7 Å². The van der Waals surface area contributed by atoms with Gasteiger partial charge in [-0.25, -0.2) is 5.48 Å². The molecule has 2 aromatic carbocycles. The molecule has 2 heterocycles. The van der Waals surface area contributed by atoms with Crippen LogP contribution in [0.4, 0.5) is 0 Å². The molecule has 28 heavy (non-hydrogen) atoms. The standard InChI is InChI=1S/C22H25N3O3/c26-22(24-27)14-16-6-8-17(9-7-16)28-13-3-12-25-20-5-2-1-4-18(20)19-10-11-23-15-21(19)25/h1-2,4-9,23,27H,3,10-15H2,(H,24,26). The summed E-state index contributed by atoms with van der Waals surface area (Å²) < 4.78 is 8.30. The van der Waals surface area contributed by atoms with E-state index < -0.39 is 5.91 Å². The van der Waals surface area contributed by atoms with Gasteiger partial charge in [0.1, 0.15) is 5.75 Å². The van der Waals surface area contributed by atoms with Crippen molar-refractivity contribution in [1.29, 1.82) is 0 Å². The fourth-order valence-electron chi connectivity index (χ4n) is 3.93. The summed E-state index contributed by atoms with van der Waals surface area (Å²) in [6.07, 6.45) is 2.15. The molecule has 0 saturated carbocycles. The lowest BCUT2D eigenvalue weighted by atomic mass is 10.1. The quantitative estimate of drug-likeness (QED) is 0.335. The van der Waals surface area contributed by atoms with Crippen LogP contribution in [-0.2, 0) is 30.7 Å². The maximum atomic E-state index is 11.2. The van der Waals surface area contributed by atoms with Crippen LogP contribution in [0.1, 0.15) is 23.2 Å². The van der Waals surface area contributed by atoms with E-state index in [1.165, 1.54) is 22.2 Å². The Morgan fingerprint density at radius 3 is 2.82 bits per heavy atom. The number of hydrogen-bond donors (Lipinski definition) is 3. The number of amides is 1. The van der Waals surface area contributed by atoms with Gasteiger partial charge in [0.2, 0.25) is 5.91 Å². The number of benzene rings is 2. The van der Waals surface area contributed by atoms with Crippen LogP contribution < -0.4 is 15.5 Å². The number of carbonyl (C=O) groups is 1. The maximum absolute atomic E-state index is 11.2. The summed E-state index contributed by atoms with van der Waals surface area (Å²) in [4.78, 5) is 11.2. The third-order valence-electron chi connectivity index (χ3n) is 5.25. The van der Waals surface area contributed by atoms with Crippen LogP contribution >= 0.6 is 0 Å². The van der Waals surface area contributed by atoms with Crippen LogP contribution in [0.3, 0.4) is 0 Å². The van der Waals surface area contributed by atoms with Gasteiger partial charge in [-0.2, -0.15) is 0 Å². The largest absolute Gasteiger partial charge is 0.494 e. The number of aryl methyl sites for hydroxylation is 1. The Labute approximate surface area is 164 Å². The Kier molecular flexibility index (Phi) is 5.60. The van der Waals surface area contributed by atoms with Crippen LogP contribution in [0.2, 0.25) is 0 Å². The van der Waals surface area contributed by atoms with Gasteiger partial charge in [0.25, 0.3) is 0 Å². The molecule has 1 amide bonds. The third-order valence-corrected chi connectivity index (χ3v) is 5.25. The number of ether oxygens (including phenoxy) is 1. The van der Waals surface area contributed by atoms with Crippen molar-refractivity contribution in [2.45, 2.75) is 32.4 Å². The summed E-state index contributed by atoms with van der Waals surface area (Å²) in [6.45, 7) is 3.52. The monoisotopic (exact) mass is 379 g/mol. The van der Waals surface area contributed by atoms with Crippen molar-refractivity contribution in [3.63, 3.8) is 0 Å². The lowest BCUT2D eigenvalue weighted by Crippen LogP contribution is -2.25. The van der Waals surface area contributed by atoms with E-state index in [2.05, 4.69) is 34.1 Å². The summed E-state index contributed by atoms with van der Waals surface area (Å²) in [5.41, 5.74) is 6.66. The van der Waals surface area contributed by atoms with E-state index in [1.54, 1.807) is 5.48 Å². The molecular weight excluding hydrogens is 354 g/mol. The molecule has 0 spiro atoms. The molecule has 0 aliphatic carbocycles. The first-order chi connectivity index (χ1) is 13.8. The fraction of sp³-hybridized carbons (Fsp3) is 0.318. The minimum atomic E-state index is -0.426. The first-order valence-corrected chi connectivity index (χ1v) is 9.70. The van der Waals surface area contributed by atoms with E-state index in [0.29, 0.717) is 6.61 Å². The highest BCUT2D eigenvalue weighted by atomic mass is 16.5. The van der Waals surface area contributed by atoms with Crippen molar-refractivity contribution in [3.05, 3.63) is 65.4 Å². The average Bonchev–Trinajstić information content (AvgIpc) is 3.06. The molecule has 4 rings (SSSR count). The summed E-state index contributed by atoms with van der Waals surface area (Å²) >= 11 is 0. The number of hydrogen-bond acceptors (Lipinski definition) is 4. The molecule has 0 fully saturated rings. The highest BCUT2D eigenvalue weighted by molar-refractivity contribution is 5.85. The number of carbonyl (C=O) groups excluding carboxylic acids is 1. The second-order valence-corrected chi connectivity index (χ2v) is 7.08. The number of rotatable bonds is 7. The molecule has 0 unspecified atom stereocenters. The van der Waals surface area contributed by atoms with Gasteiger partial charge in [-0.05, 0) is 48.7 Å². The molecule has 1 aliphatic heterocycles. The van der Waals surface area contributed by atoms with Gasteiger partial charge in [-0.15, -0.1) is 0 Å². The average molecular weight is 379 g/mol. The molecule has 0 bridgehead atoms. The van der Waals surface area contributed by atoms with Crippen LogP contribution in [0, 0.1) is 0 Å². The summed E-state index contributed by atoms with van der Waals surface area (Å²) in [5.74, 6) is 0.361. The molecule has 1 aromatic heterocycles. The fourth-order valence-corrected chi connectivity index (χ4v) is 3.93. The molecular formula is C22H25N3O3. The minimum absolute atomic E-state index is 0.149.